The zero-order valence-corrected chi connectivity index (χ0v) is 14.3. The lowest BCUT2D eigenvalue weighted by molar-refractivity contribution is -0.154. The number of carboxylic acid groups (broad SMARTS) is 2. The van der Waals surface area contributed by atoms with Crippen molar-refractivity contribution in [2.24, 2.45) is 5.41 Å². The molecule has 1 unspecified atom stereocenters. The van der Waals surface area contributed by atoms with Crippen LogP contribution in [0.3, 0.4) is 0 Å². The van der Waals surface area contributed by atoms with Crippen molar-refractivity contribution in [1.82, 2.24) is 5.32 Å². The minimum absolute atomic E-state index is 0.000915. The van der Waals surface area contributed by atoms with Gasteiger partial charge >= 0.3 is 18.0 Å². The van der Waals surface area contributed by atoms with Crippen LogP contribution in [0.15, 0.2) is 24.3 Å². The SMILES string of the molecule is CC(CNC(=O)Nc1ccc(C(C)(C)C)cc1)(CC(=O)O)C(=O)O. The summed E-state index contributed by atoms with van der Waals surface area (Å²) in [6, 6.07) is 6.74. The molecule has 1 rings (SSSR count). The summed E-state index contributed by atoms with van der Waals surface area (Å²) in [7, 11) is 0. The highest BCUT2D eigenvalue weighted by Gasteiger charge is 2.36. The Morgan fingerprint density at radius 3 is 1.96 bits per heavy atom. The van der Waals surface area contributed by atoms with Gasteiger partial charge in [-0.25, -0.2) is 4.79 Å². The standard InChI is InChI=1S/C17H24N2O5/c1-16(2,3)11-5-7-12(8-6-11)19-15(24)18-10-17(4,14(22)23)9-13(20)21/h5-8H,9-10H2,1-4H3,(H,20,21)(H,22,23)(H2,18,19,24). The Morgan fingerprint density at radius 2 is 1.54 bits per heavy atom. The first-order valence-corrected chi connectivity index (χ1v) is 7.55. The largest absolute Gasteiger partial charge is 0.481 e. The first-order valence-electron chi connectivity index (χ1n) is 7.55. The third-order valence-electron chi connectivity index (χ3n) is 3.71. The summed E-state index contributed by atoms with van der Waals surface area (Å²) in [6.45, 7) is 7.23. The van der Waals surface area contributed by atoms with E-state index in [1.54, 1.807) is 12.1 Å². The minimum Gasteiger partial charge on any atom is -0.481 e. The molecular weight excluding hydrogens is 312 g/mol. The highest BCUT2D eigenvalue weighted by atomic mass is 16.4. The Kier molecular flexibility index (Phi) is 5.95. The van der Waals surface area contributed by atoms with Crippen LogP contribution < -0.4 is 10.6 Å². The van der Waals surface area contributed by atoms with Crippen molar-refractivity contribution in [2.45, 2.75) is 39.5 Å². The quantitative estimate of drug-likeness (QED) is 0.637. The topological polar surface area (TPSA) is 116 Å². The van der Waals surface area contributed by atoms with Crippen molar-refractivity contribution >= 4 is 23.7 Å². The second-order valence-corrected chi connectivity index (χ2v) is 7.07. The van der Waals surface area contributed by atoms with Gasteiger partial charge in [0, 0.05) is 12.2 Å². The number of carboxylic acids is 2. The molecule has 132 valence electrons. The highest BCUT2D eigenvalue weighted by molar-refractivity contribution is 5.90. The summed E-state index contributed by atoms with van der Waals surface area (Å²) in [5.41, 5.74) is 0.115. The number of amides is 2. The van der Waals surface area contributed by atoms with E-state index in [2.05, 4.69) is 31.4 Å². The lowest BCUT2D eigenvalue weighted by atomic mass is 9.87. The van der Waals surface area contributed by atoms with Gasteiger partial charge in [0.05, 0.1) is 11.8 Å². The van der Waals surface area contributed by atoms with Crippen molar-refractivity contribution in [3.05, 3.63) is 29.8 Å². The molecule has 7 heteroatoms. The Hall–Kier alpha value is -2.57. The normalized spacial score (nSPS) is 13.7. The van der Waals surface area contributed by atoms with E-state index in [0.29, 0.717) is 5.69 Å². The fourth-order valence-electron chi connectivity index (χ4n) is 2.05. The van der Waals surface area contributed by atoms with Gasteiger partial charge in [0.25, 0.3) is 0 Å². The van der Waals surface area contributed by atoms with Crippen LogP contribution in [0.2, 0.25) is 0 Å². The summed E-state index contributed by atoms with van der Waals surface area (Å²) in [4.78, 5) is 33.9. The van der Waals surface area contributed by atoms with Crippen LogP contribution in [-0.4, -0.2) is 34.7 Å². The highest BCUT2D eigenvalue weighted by Crippen LogP contribution is 2.24. The molecule has 0 aliphatic heterocycles. The smallest absolute Gasteiger partial charge is 0.319 e. The molecule has 0 aliphatic carbocycles. The molecular formula is C17H24N2O5. The van der Waals surface area contributed by atoms with Crippen molar-refractivity contribution < 1.29 is 24.6 Å². The van der Waals surface area contributed by atoms with Crippen molar-refractivity contribution in [2.75, 3.05) is 11.9 Å². The van der Waals surface area contributed by atoms with Gasteiger partial charge in [0.2, 0.25) is 0 Å². The molecule has 0 bridgehead atoms. The number of benzene rings is 1. The maximum atomic E-state index is 11.9. The molecule has 4 N–H and O–H groups in total. The molecule has 0 aliphatic rings. The van der Waals surface area contributed by atoms with Crippen LogP contribution >= 0.6 is 0 Å². The number of hydrogen-bond acceptors (Lipinski definition) is 3. The Balaban J connectivity index is 2.66. The zero-order chi connectivity index (χ0) is 18.5. The van der Waals surface area contributed by atoms with Gasteiger partial charge < -0.3 is 20.8 Å². The van der Waals surface area contributed by atoms with Gasteiger partial charge in [0.15, 0.2) is 0 Å². The molecule has 24 heavy (non-hydrogen) atoms. The summed E-state index contributed by atoms with van der Waals surface area (Å²) in [6.07, 6.45) is -0.580. The number of carbonyl (C=O) groups excluding carboxylic acids is 1. The third-order valence-corrected chi connectivity index (χ3v) is 3.71. The maximum absolute atomic E-state index is 11.9. The number of carbonyl (C=O) groups is 3. The summed E-state index contributed by atoms with van der Waals surface area (Å²) < 4.78 is 0. The minimum atomic E-state index is -1.57. The molecule has 0 radical (unpaired) electrons. The van der Waals surface area contributed by atoms with Gasteiger partial charge in [-0.1, -0.05) is 32.9 Å². The molecule has 0 saturated carbocycles. The predicted molar refractivity (Wildman–Crippen MR) is 90.2 cm³/mol. The fraction of sp³-hybridized carbons (Fsp3) is 0.471. The first kappa shape index (κ1) is 19.5. The zero-order valence-electron chi connectivity index (χ0n) is 14.3. The molecule has 2 amide bonds. The number of aliphatic carboxylic acids is 2. The van der Waals surface area contributed by atoms with E-state index in [4.69, 9.17) is 10.2 Å². The van der Waals surface area contributed by atoms with Crippen LogP contribution in [0.4, 0.5) is 10.5 Å². The molecule has 1 atom stereocenters. The average molecular weight is 336 g/mol. The second kappa shape index (κ2) is 7.33. The second-order valence-electron chi connectivity index (χ2n) is 7.07. The van der Waals surface area contributed by atoms with E-state index >= 15 is 0 Å². The van der Waals surface area contributed by atoms with E-state index < -0.39 is 29.8 Å². The third kappa shape index (κ3) is 5.57. The van der Waals surface area contributed by atoms with Gasteiger partial charge in [-0.15, -0.1) is 0 Å². The summed E-state index contributed by atoms with van der Waals surface area (Å²) in [5.74, 6) is -2.51. The Morgan fingerprint density at radius 1 is 1.00 bits per heavy atom. The van der Waals surface area contributed by atoms with E-state index in [9.17, 15) is 14.4 Å². The van der Waals surface area contributed by atoms with E-state index in [0.717, 1.165) is 5.56 Å². The number of rotatable bonds is 6. The van der Waals surface area contributed by atoms with Crippen LogP contribution in [0.1, 0.15) is 39.7 Å². The summed E-state index contributed by atoms with van der Waals surface area (Å²) >= 11 is 0. The number of anilines is 1. The monoisotopic (exact) mass is 336 g/mol. The van der Waals surface area contributed by atoms with Crippen LogP contribution in [0.25, 0.3) is 0 Å². The molecule has 1 aromatic carbocycles. The lowest BCUT2D eigenvalue weighted by Gasteiger charge is -2.23. The number of urea groups is 1. The maximum Gasteiger partial charge on any atom is 0.319 e. The van der Waals surface area contributed by atoms with Gasteiger partial charge in [-0.05, 0) is 30.0 Å². The van der Waals surface area contributed by atoms with Crippen molar-refractivity contribution in [3.63, 3.8) is 0 Å². The van der Waals surface area contributed by atoms with Crippen molar-refractivity contribution in [3.8, 4) is 0 Å². The average Bonchev–Trinajstić information content (AvgIpc) is 2.44. The molecule has 0 spiro atoms. The van der Waals surface area contributed by atoms with Gasteiger partial charge in [0.1, 0.15) is 0 Å². The molecule has 0 fully saturated rings. The Bertz CT molecular complexity index is 619. The lowest BCUT2D eigenvalue weighted by Crippen LogP contribution is -2.43. The van der Waals surface area contributed by atoms with E-state index in [-0.39, 0.29) is 12.0 Å². The predicted octanol–water partition coefficient (Wildman–Crippen LogP) is 2.67. The molecule has 0 aromatic heterocycles. The fourth-order valence-corrected chi connectivity index (χ4v) is 2.05. The molecule has 0 saturated heterocycles. The van der Waals surface area contributed by atoms with Gasteiger partial charge in [-0.2, -0.15) is 0 Å². The molecule has 0 heterocycles. The first-order chi connectivity index (χ1) is 10.9. The van der Waals surface area contributed by atoms with Crippen LogP contribution in [0, 0.1) is 5.41 Å². The van der Waals surface area contributed by atoms with Crippen LogP contribution in [-0.2, 0) is 15.0 Å². The van der Waals surface area contributed by atoms with Crippen LogP contribution in [0.5, 0.6) is 0 Å². The summed E-state index contributed by atoms with van der Waals surface area (Å²) in [5, 5.41) is 23.0. The molecule has 7 nitrogen and oxygen atoms in total. The van der Waals surface area contributed by atoms with E-state index in [1.807, 2.05) is 12.1 Å². The Labute approximate surface area is 141 Å². The van der Waals surface area contributed by atoms with Crippen molar-refractivity contribution in [1.29, 1.82) is 0 Å². The number of nitrogens with one attached hydrogen (secondary N) is 2. The molecule has 1 aromatic rings. The van der Waals surface area contributed by atoms with E-state index in [1.165, 1.54) is 6.92 Å². The van der Waals surface area contributed by atoms with Gasteiger partial charge in [-0.3, -0.25) is 9.59 Å². The number of hydrogen-bond donors (Lipinski definition) is 4.